The largest absolute Gasteiger partial charge is 0.478 e. The van der Waals surface area contributed by atoms with Crippen LogP contribution in [0.1, 0.15) is 63.8 Å². The molecule has 0 bridgehead atoms. The number of aryl methyl sites for hydroxylation is 2. The van der Waals surface area contributed by atoms with E-state index < -0.39 is 5.97 Å². The van der Waals surface area contributed by atoms with Crippen LogP contribution in [0.3, 0.4) is 0 Å². The number of hydrogen-bond acceptors (Lipinski definition) is 3. The Morgan fingerprint density at radius 3 is 2.38 bits per heavy atom. The topological polar surface area (TPSA) is 49.3 Å². The molecule has 1 aromatic heterocycles. The number of aromatic carboxylic acids is 1. The molecule has 3 nitrogen and oxygen atoms in total. The van der Waals surface area contributed by atoms with Crippen molar-refractivity contribution in [3.8, 4) is 0 Å². The molecule has 2 aromatic rings. The second-order valence-corrected chi connectivity index (χ2v) is 8.23. The van der Waals surface area contributed by atoms with Gasteiger partial charge in [-0.15, -0.1) is 11.3 Å². The first-order chi connectivity index (χ1) is 11.5. The maximum atomic E-state index is 11.0. The summed E-state index contributed by atoms with van der Waals surface area (Å²) in [6.45, 7) is 4.37. The van der Waals surface area contributed by atoms with Gasteiger partial charge in [-0.2, -0.15) is 0 Å². The number of carbonyl (C=O) groups is 1. The Labute approximate surface area is 147 Å². The van der Waals surface area contributed by atoms with Crippen LogP contribution in [0.25, 0.3) is 0 Å². The number of nitrogens with one attached hydrogen (secondary N) is 1. The number of rotatable bonds is 5. The average Bonchev–Trinajstić information content (AvgIpc) is 2.92. The molecule has 4 heteroatoms. The fraction of sp³-hybridized carbons (Fsp3) is 0.450. The monoisotopic (exact) mass is 343 g/mol. The number of hydrogen-bond donors (Lipinski definition) is 2. The van der Waals surface area contributed by atoms with Crippen molar-refractivity contribution in [3.05, 3.63) is 51.2 Å². The number of benzene rings is 1. The molecule has 1 unspecified atom stereocenters. The third-order valence-corrected chi connectivity index (χ3v) is 5.97. The predicted molar refractivity (Wildman–Crippen MR) is 100 cm³/mol. The van der Waals surface area contributed by atoms with Crippen LogP contribution in [0.2, 0.25) is 0 Å². The normalized spacial score (nSPS) is 16.8. The third kappa shape index (κ3) is 3.81. The SMILES string of the molecule is Cc1cc(C(Nc2ccc(C(=O)O)cc2)C2CCCCC2)c(C)s1. The van der Waals surface area contributed by atoms with E-state index in [1.807, 2.05) is 23.5 Å². The summed E-state index contributed by atoms with van der Waals surface area (Å²) in [4.78, 5) is 13.8. The summed E-state index contributed by atoms with van der Waals surface area (Å²) in [5.74, 6) is -0.236. The van der Waals surface area contributed by atoms with Gasteiger partial charge < -0.3 is 10.4 Å². The van der Waals surface area contributed by atoms with Gasteiger partial charge in [0.1, 0.15) is 0 Å². The van der Waals surface area contributed by atoms with Gasteiger partial charge in [0.05, 0.1) is 11.6 Å². The number of thiophene rings is 1. The Bertz CT molecular complexity index is 699. The Kier molecular flexibility index (Phi) is 5.24. The average molecular weight is 343 g/mol. The summed E-state index contributed by atoms with van der Waals surface area (Å²) < 4.78 is 0. The van der Waals surface area contributed by atoms with Gasteiger partial charge in [0, 0.05) is 15.4 Å². The predicted octanol–water partition coefficient (Wildman–Crippen LogP) is 5.80. The lowest BCUT2D eigenvalue weighted by Crippen LogP contribution is -2.23. The highest BCUT2D eigenvalue weighted by atomic mass is 32.1. The van der Waals surface area contributed by atoms with Gasteiger partial charge in [-0.05, 0) is 68.5 Å². The fourth-order valence-electron chi connectivity index (χ4n) is 3.76. The molecular weight excluding hydrogens is 318 g/mol. The molecule has 3 rings (SSSR count). The number of carboxylic acids is 1. The van der Waals surface area contributed by atoms with Crippen LogP contribution in [0.5, 0.6) is 0 Å². The molecule has 1 fully saturated rings. The highest BCUT2D eigenvalue weighted by Gasteiger charge is 2.27. The Balaban J connectivity index is 1.86. The van der Waals surface area contributed by atoms with Gasteiger partial charge >= 0.3 is 5.97 Å². The van der Waals surface area contributed by atoms with Crippen molar-refractivity contribution < 1.29 is 9.90 Å². The number of anilines is 1. The van der Waals surface area contributed by atoms with Gasteiger partial charge in [0.15, 0.2) is 0 Å². The smallest absolute Gasteiger partial charge is 0.335 e. The first-order valence-electron chi connectivity index (χ1n) is 8.71. The lowest BCUT2D eigenvalue weighted by molar-refractivity contribution is 0.0697. The summed E-state index contributed by atoms with van der Waals surface area (Å²) in [6, 6.07) is 9.74. The minimum atomic E-state index is -0.880. The molecule has 1 atom stereocenters. The van der Waals surface area contributed by atoms with E-state index in [2.05, 4.69) is 25.2 Å². The van der Waals surface area contributed by atoms with Crippen molar-refractivity contribution in [2.24, 2.45) is 5.92 Å². The maximum Gasteiger partial charge on any atom is 0.335 e. The summed E-state index contributed by atoms with van der Waals surface area (Å²) >= 11 is 1.86. The van der Waals surface area contributed by atoms with E-state index in [1.165, 1.54) is 47.4 Å². The molecule has 1 aliphatic carbocycles. The summed E-state index contributed by atoms with van der Waals surface area (Å²) in [6.07, 6.45) is 6.49. The fourth-order valence-corrected chi connectivity index (χ4v) is 4.74. The van der Waals surface area contributed by atoms with Crippen molar-refractivity contribution in [1.29, 1.82) is 0 Å². The van der Waals surface area contributed by atoms with E-state index in [0.29, 0.717) is 17.5 Å². The highest BCUT2D eigenvalue weighted by molar-refractivity contribution is 7.12. The van der Waals surface area contributed by atoms with Crippen LogP contribution in [0.15, 0.2) is 30.3 Å². The Morgan fingerprint density at radius 2 is 1.83 bits per heavy atom. The molecule has 0 saturated heterocycles. The van der Waals surface area contributed by atoms with Gasteiger partial charge in [0.25, 0.3) is 0 Å². The van der Waals surface area contributed by atoms with Gasteiger partial charge in [-0.1, -0.05) is 19.3 Å². The zero-order chi connectivity index (χ0) is 17.1. The van der Waals surface area contributed by atoms with Crippen molar-refractivity contribution in [1.82, 2.24) is 0 Å². The van der Waals surface area contributed by atoms with E-state index in [1.54, 1.807) is 12.1 Å². The molecule has 1 aromatic carbocycles. The zero-order valence-electron chi connectivity index (χ0n) is 14.3. The molecule has 0 amide bonds. The number of carboxylic acid groups (broad SMARTS) is 1. The third-order valence-electron chi connectivity index (χ3n) is 4.99. The van der Waals surface area contributed by atoms with Crippen molar-refractivity contribution in [3.63, 3.8) is 0 Å². The zero-order valence-corrected chi connectivity index (χ0v) is 15.2. The molecule has 2 N–H and O–H groups in total. The first kappa shape index (κ1) is 17.0. The molecule has 0 spiro atoms. The van der Waals surface area contributed by atoms with Crippen LogP contribution < -0.4 is 5.32 Å². The van der Waals surface area contributed by atoms with Crippen LogP contribution in [0, 0.1) is 19.8 Å². The van der Waals surface area contributed by atoms with Crippen molar-refractivity contribution in [2.45, 2.75) is 52.0 Å². The van der Waals surface area contributed by atoms with Crippen LogP contribution in [-0.2, 0) is 0 Å². The van der Waals surface area contributed by atoms with Crippen molar-refractivity contribution in [2.75, 3.05) is 5.32 Å². The van der Waals surface area contributed by atoms with Crippen LogP contribution >= 0.6 is 11.3 Å². The molecule has 1 heterocycles. The maximum absolute atomic E-state index is 11.0. The highest BCUT2D eigenvalue weighted by Crippen LogP contribution is 2.40. The first-order valence-corrected chi connectivity index (χ1v) is 9.53. The molecule has 24 heavy (non-hydrogen) atoms. The van der Waals surface area contributed by atoms with Gasteiger partial charge in [-0.25, -0.2) is 4.79 Å². The molecule has 1 saturated carbocycles. The standard InChI is InChI=1S/C20H25NO2S/c1-13-12-18(14(2)24-13)19(15-6-4-3-5-7-15)21-17-10-8-16(9-11-17)20(22)23/h8-12,15,19,21H,3-7H2,1-2H3,(H,22,23). The molecule has 128 valence electrons. The van der Waals surface area contributed by atoms with E-state index in [0.717, 1.165) is 5.69 Å². The lowest BCUT2D eigenvalue weighted by atomic mass is 9.81. The second kappa shape index (κ2) is 7.39. The molecule has 0 aliphatic heterocycles. The minimum absolute atomic E-state index is 0.311. The van der Waals surface area contributed by atoms with E-state index in [9.17, 15) is 4.79 Å². The van der Waals surface area contributed by atoms with Crippen molar-refractivity contribution >= 4 is 23.0 Å². The minimum Gasteiger partial charge on any atom is -0.478 e. The van der Waals surface area contributed by atoms with Crippen LogP contribution in [-0.4, -0.2) is 11.1 Å². The summed E-state index contributed by atoms with van der Waals surface area (Å²) in [5, 5.41) is 12.8. The van der Waals surface area contributed by atoms with Crippen LogP contribution in [0.4, 0.5) is 5.69 Å². The van der Waals surface area contributed by atoms with E-state index in [4.69, 9.17) is 5.11 Å². The summed E-state index contributed by atoms with van der Waals surface area (Å²) in [5.41, 5.74) is 2.74. The second-order valence-electron chi connectivity index (χ2n) is 6.77. The van der Waals surface area contributed by atoms with E-state index >= 15 is 0 Å². The van der Waals surface area contributed by atoms with Gasteiger partial charge in [0.2, 0.25) is 0 Å². The lowest BCUT2D eigenvalue weighted by Gasteiger charge is -2.32. The molecular formula is C20H25NO2S. The Morgan fingerprint density at radius 1 is 1.17 bits per heavy atom. The summed E-state index contributed by atoms with van der Waals surface area (Å²) in [7, 11) is 0. The van der Waals surface area contributed by atoms with E-state index in [-0.39, 0.29) is 0 Å². The molecule has 0 radical (unpaired) electrons. The molecule has 1 aliphatic rings. The van der Waals surface area contributed by atoms with Gasteiger partial charge in [-0.3, -0.25) is 0 Å². The quantitative estimate of drug-likeness (QED) is 0.721. The Hall–Kier alpha value is -1.81.